The van der Waals surface area contributed by atoms with Crippen LogP contribution < -0.4 is 5.32 Å². The lowest BCUT2D eigenvalue weighted by molar-refractivity contribution is 0.510. The van der Waals surface area contributed by atoms with E-state index in [-0.39, 0.29) is 0 Å². The van der Waals surface area contributed by atoms with Gasteiger partial charge in [0.15, 0.2) is 0 Å². The van der Waals surface area contributed by atoms with Gasteiger partial charge in [-0.05, 0) is 25.3 Å². The summed E-state index contributed by atoms with van der Waals surface area (Å²) in [4.78, 5) is 0. The summed E-state index contributed by atoms with van der Waals surface area (Å²) in [5, 5.41) is 3.57. The van der Waals surface area contributed by atoms with Gasteiger partial charge in [0.1, 0.15) is 0 Å². The van der Waals surface area contributed by atoms with Crippen molar-refractivity contribution in [2.45, 2.75) is 52.0 Å². The molecule has 11 heavy (non-hydrogen) atoms. The normalized spacial score (nSPS) is 31.1. The number of unbranched alkanes of at least 4 members (excludes halogenated alkanes) is 2. The van der Waals surface area contributed by atoms with Gasteiger partial charge in [0, 0.05) is 6.04 Å². The summed E-state index contributed by atoms with van der Waals surface area (Å²) in [5.41, 5.74) is 0. The summed E-state index contributed by atoms with van der Waals surface area (Å²) in [6, 6.07) is 0.844. The third kappa shape index (κ3) is 3.24. The fourth-order valence-electron chi connectivity index (χ4n) is 1.88. The van der Waals surface area contributed by atoms with Crippen molar-refractivity contribution >= 4 is 0 Å². The smallest absolute Gasteiger partial charge is 0.00701 e. The lowest BCUT2D eigenvalue weighted by Gasteiger charge is -2.08. The Morgan fingerprint density at radius 1 is 1.36 bits per heavy atom. The molecule has 0 amide bonds. The van der Waals surface area contributed by atoms with Crippen LogP contribution in [0, 0.1) is 5.92 Å². The van der Waals surface area contributed by atoms with Gasteiger partial charge in [-0.2, -0.15) is 0 Å². The van der Waals surface area contributed by atoms with Crippen LogP contribution in [0.1, 0.15) is 46.0 Å². The van der Waals surface area contributed by atoms with Crippen molar-refractivity contribution in [3.8, 4) is 0 Å². The topological polar surface area (TPSA) is 12.0 Å². The monoisotopic (exact) mass is 155 g/mol. The maximum atomic E-state index is 3.57. The molecule has 0 aromatic heterocycles. The molecule has 1 saturated heterocycles. The molecule has 2 atom stereocenters. The molecule has 1 heterocycles. The van der Waals surface area contributed by atoms with Gasteiger partial charge >= 0.3 is 0 Å². The van der Waals surface area contributed by atoms with E-state index in [1.807, 2.05) is 0 Å². The SMILES string of the molecule is CCCCC[C@H]1C[C@@H](C)CN1. The summed E-state index contributed by atoms with van der Waals surface area (Å²) in [6.07, 6.45) is 6.98. The summed E-state index contributed by atoms with van der Waals surface area (Å²) >= 11 is 0. The quantitative estimate of drug-likeness (QED) is 0.615. The molecule has 0 aliphatic carbocycles. The molecule has 1 aliphatic rings. The van der Waals surface area contributed by atoms with Crippen LogP contribution in [0.25, 0.3) is 0 Å². The molecular weight excluding hydrogens is 134 g/mol. The third-order valence-electron chi connectivity index (χ3n) is 2.60. The first-order chi connectivity index (χ1) is 5.33. The van der Waals surface area contributed by atoms with E-state index in [1.165, 1.54) is 38.6 Å². The average molecular weight is 155 g/mol. The predicted molar refractivity (Wildman–Crippen MR) is 49.7 cm³/mol. The fourth-order valence-corrected chi connectivity index (χ4v) is 1.88. The molecule has 0 aromatic carbocycles. The van der Waals surface area contributed by atoms with Gasteiger partial charge in [0.05, 0.1) is 0 Å². The Morgan fingerprint density at radius 2 is 2.18 bits per heavy atom. The van der Waals surface area contributed by atoms with E-state index in [4.69, 9.17) is 0 Å². The molecular formula is C10H21N. The Hall–Kier alpha value is -0.0400. The van der Waals surface area contributed by atoms with Crippen molar-refractivity contribution in [2.75, 3.05) is 6.54 Å². The van der Waals surface area contributed by atoms with Crippen LogP contribution in [0.2, 0.25) is 0 Å². The Labute approximate surface area is 70.6 Å². The first kappa shape index (κ1) is 9.05. The molecule has 1 aliphatic heterocycles. The first-order valence-electron chi connectivity index (χ1n) is 5.06. The van der Waals surface area contributed by atoms with Crippen LogP contribution in [0.3, 0.4) is 0 Å². The molecule has 0 unspecified atom stereocenters. The zero-order valence-corrected chi connectivity index (χ0v) is 7.90. The van der Waals surface area contributed by atoms with E-state index < -0.39 is 0 Å². The van der Waals surface area contributed by atoms with E-state index in [9.17, 15) is 0 Å². The van der Waals surface area contributed by atoms with Gasteiger partial charge in [0.25, 0.3) is 0 Å². The molecule has 1 fully saturated rings. The highest BCUT2D eigenvalue weighted by Crippen LogP contribution is 2.17. The molecule has 0 radical (unpaired) electrons. The highest BCUT2D eigenvalue weighted by molar-refractivity contribution is 4.78. The minimum atomic E-state index is 0.844. The van der Waals surface area contributed by atoms with Gasteiger partial charge in [-0.15, -0.1) is 0 Å². The molecule has 1 heteroatoms. The highest BCUT2D eigenvalue weighted by atomic mass is 14.9. The van der Waals surface area contributed by atoms with Crippen molar-refractivity contribution < 1.29 is 0 Å². The van der Waals surface area contributed by atoms with Crippen molar-refractivity contribution in [3.63, 3.8) is 0 Å². The zero-order valence-electron chi connectivity index (χ0n) is 7.90. The first-order valence-corrected chi connectivity index (χ1v) is 5.06. The van der Waals surface area contributed by atoms with E-state index in [1.54, 1.807) is 0 Å². The number of rotatable bonds is 4. The van der Waals surface area contributed by atoms with E-state index in [0.717, 1.165) is 12.0 Å². The number of hydrogen-bond acceptors (Lipinski definition) is 1. The molecule has 0 aromatic rings. The molecule has 66 valence electrons. The molecule has 0 saturated carbocycles. The molecule has 1 nitrogen and oxygen atoms in total. The third-order valence-corrected chi connectivity index (χ3v) is 2.60. The maximum absolute atomic E-state index is 3.57. The highest BCUT2D eigenvalue weighted by Gasteiger charge is 2.19. The van der Waals surface area contributed by atoms with Crippen LogP contribution >= 0.6 is 0 Å². The number of nitrogens with one attached hydrogen (secondary N) is 1. The summed E-state index contributed by atoms with van der Waals surface area (Å²) in [6.45, 7) is 5.86. The van der Waals surface area contributed by atoms with Gasteiger partial charge in [-0.3, -0.25) is 0 Å². The second kappa shape index (κ2) is 4.76. The van der Waals surface area contributed by atoms with Gasteiger partial charge in [-0.25, -0.2) is 0 Å². The fraction of sp³-hybridized carbons (Fsp3) is 1.00. The van der Waals surface area contributed by atoms with E-state index >= 15 is 0 Å². The lowest BCUT2D eigenvalue weighted by Crippen LogP contribution is -2.20. The summed E-state index contributed by atoms with van der Waals surface area (Å²) < 4.78 is 0. The molecule has 1 N–H and O–H groups in total. The zero-order chi connectivity index (χ0) is 8.10. The summed E-state index contributed by atoms with van der Waals surface area (Å²) in [5.74, 6) is 0.918. The predicted octanol–water partition coefficient (Wildman–Crippen LogP) is 2.56. The summed E-state index contributed by atoms with van der Waals surface area (Å²) in [7, 11) is 0. The van der Waals surface area contributed by atoms with Crippen LogP contribution in [0.15, 0.2) is 0 Å². The van der Waals surface area contributed by atoms with Crippen LogP contribution in [-0.4, -0.2) is 12.6 Å². The van der Waals surface area contributed by atoms with Gasteiger partial charge in [-0.1, -0.05) is 33.1 Å². The number of hydrogen-bond donors (Lipinski definition) is 1. The Kier molecular flexibility index (Phi) is 3.92. The van der Waals surface area contributed by atoms with E-state index in [2.05, 4.69) is 19.2 Å². The van der Waals surface area contributed by atoms with Crippen molar-refractivity contribution in [2.24, 2.45) is 5.92 Å². The van der Waals surface area contributed by atoms with E-state index in [0.29, 0.717) is 0 Å². The Bertz CT molecular complexity index is 101. The van der Waals surface area contributed by atoms with Gasteiger partial charge < -0.3 is 5.32 Å². The minimum Gasteiger partial charge on any atom is -0.314 e. The van der Waals surface area contributed by atoms with Crippen molar-refractivity contribution in [3.05, 3.63) is 0 Å². The molecule has 1 rings (SSSR count). The Balaban J connectivity index is 1.99. The van der Waals surface area contributed by atoms with Crippen LogP contribution in [0.4, 0.5) is 0 Å². The van der Waals surface area contributed by atoms with Crippen molar-refractivity contribution in [1.29, 1.82) is 0 Å². The minimum absolute atomic E-state index is 0.844. The Morgan fingerprint density at radius 3 is 2.73 bits per heavy atom. The average Bonchev–Trinajstić information content (AvgIpc) is 2.37. The van der Waals surface area contributed by atoms with Crippen LogP contribution in [0.5, 0.6) is 0 Å². The standard InChI is InChI=1S/C10H21N/c1-3-4-5-6-10-7-9(2)8-11-10/h9-11H,3-8H2,1-2H3/t9-,10+/m1/s1. The largest absolute Gasteiger partial charge is 0.314 e. The second-order valence-electron chi connectivity index (χ2n) is 3.94. The van der Waals surface area contributed by atoms with Crippen molar-refractivity contribution in [1.82, 2.24) is 5.32 Å². The maximum Gasteiger partial charge on any atom is 0.00701 e. The lowest BCUT2D eigenvalue weighted by atomic mass is 10.0. The second-order valence-corrected chi connectivity index (χ2v) is 3.94. The van der Waals surface area contributed by atoms with Gasteiger partial charge in [0.2, 0.25) is 0 Å². The molecule has 0 bridgehead atoms. The van der Waals surface area contributed by atoms with Crippen LogP contribution in [-0.2, 0) is 0 Å². The molecule has 0 spiro atoms.